The number of aryl methyl sites for hydroxylation is 1. The molecule has 146 valence electrons. The van der Waals surface area contributed by atoms with Gasteiger partial charge in [0, 0.05) is 5.56 Å². The van der Waals surface area contributed by atoms with E-state index in [2.05, 4.69) is 0 Å². The van der Waals surface area contributed by atoms with Gasteiger partial charge in [-0.3, -0.25) is 9.59 Å². The number of hydrogen-bond acceptors (Lipinski definition) is 4. The molecule has 1 amide bonds. The Bertz CT molecular complexity index is 1040. The Morgan fingerprint density at radius 3 is 2.41 bits per heavy atom. The van der Waals surface area contributed by atoms with Crippen LogP contribution in [0.15, 0.2) is 78.9 Å². The van der Waals surface area contributed by atoms with E-state index in [1.54, 1.807) is 31.2 Å². The molecule has 0 atom stereocenters. The molecule has 0 radical (unpaired) electrons. The van der Waals surface area contributed by atoms with E-state index in [1.807, 2.05) is 54.6 Å². The fourth-order valence-corrected chi connectivity index (χ4v) is 2.69. The van der Waals surface area contributed by atoms with E-state index in [9.17, 15) is 9.59 Å². The van der Waals surface area contributed by atoms with E-state index < -0.39 is 5.91 Å². The Hall–Kier alpha value is -3.86. The van der Waals surface area contributed by atoms with E-state index in [0.717, 1.165) is 16.9 Å². The molecule has 3 aromatic rings. The Morgan fingerprint density at radius 1 is 0.931 bits per heavy atom. The lowest BCUT2D eigenvalue weighted by molar-refractivity contribution is -0.119. The summed E-state index contributed by atoms with van der Waals surface area (Å²) >= 11 is 0. The average Bonchev–Trinajstić information content (AvgIpc) is 2.72. The molecule has 0 spiro atoms. The van der Waals surface area contributed by atoms with Crippen molar-refractivity contribution in [3.05, 3.63) is 95.6 Å². The second kappa shape index (κ2) is 9.37. The van der Waals surface area contributed by atoms with Gasteiger partial charge < -0.3 is 15.2 Å². The normalized spacial score (nSPS) is 10.7. The van der Waals surface area contributed by atoms with Crippen molar-refractivity contribution in [3.63, 3.8) is 0 Å². The van der Waals surface area contributed by atoms with Gasteiger partial charge in [-0.1, -0.05) is 36.4 Å². The quantitative estimate of drug-likeness (QED) is 0.454. The molecule has 3 aromatic carbocycles. The summed E-state index contributed by atoms with van der Waals surface area (Å²) in [5.41, 5.74) is 7.22. The molecule has 0 aromatic heterocycles. The molecule has 5 heteroatoms. The monoisotopic (exact) mass is 387 g/mol. The van der Waals surface area contributed by atoms with Crippen LogP contribution in [0.3, 0.4) is 0 Å². The number of benzene rings is 3. The van der Waals surface area contributed by atoms with Crippen molar-refractivity contribution >= 4 is 17.8 Å². The predicted molar refractivity (Wildman–Crippen MR) is 112 cm³/mol. The number of primary amides is 1. The van der Waals surface area contributed by atoms with Crippen LogP contribution in [0.5, 0.6) is 17.2 Å². The second-order valence-corrected chi connectivity index (χ2v) is 6.42. The van der Waals surface area contributed by atoms with Gasteiger partial charge in [-0.2, -0.15) is 0 Å². The van der Waals surface area contributed by atoms with Gasteiger partial charge in [0.25, 0.3) is 5.91 Å². The summed E-state index contributed by atoms with van der Waals surface area (Å²) in [6.07, 6.45) is 3.26. The zero-order chi connectivity index (χ0) is 20.6. The fraction of sp³-hybridized carbons (Fsp3) is 0.0833. The van der Waals surface area contributed by atoms with E-state index >= 15 is 0 Å². The van der Waals surface area contributed by atoms with Crippen molar-refractivity contribution in [2.75, 3.05) is 6.61 Å². The fourth-order valence-electron chi connectivity index (χ4n) is 2.69. The first kappa shape index (κ1) is 19.9. The standard InChI is InChI=1S/C24H21NO4/c1-17-14-19(11-13-23(17)28-16-24(25)27)22(26)12-10-18-6-5-9-21(15-18)29-20-7-3-2-4-8-20/h2-15H,16H2,1H3,(H2,25,27)/b12-10+. The van der Waals surface area contributed by atoms with Crippen LogP contribution in [-0.4, -0.2) is 18.3 Å². The second-order valence-electron chi connectivity index (χ2n) is 6.42. The van der Waals surface area contributed by atoms with Crippen LogP contribution in [0.4, 0.5) is 0 Å². The van der Waals surface area contributed by atoms with E-state index in [0.29, 0.717) is 17.1 Å². The molecule has 0 saturated heterocycles. The molecule has 29 heavy (non-hydrogen) atoms. The van der Waals surface area contributed by atoms with Crippen molar-refractivity contribution in [2.45, 2.75) is 6.92 Å². The Kier molecular flexibility index (Phi) is 6.43. The Labute approximate surface area is 169 Å². The first-order chi connectivity index (χ1) is 14.0. The molecule has 3 rings (SSSR count). The van der Waals surface area contributed by atoms with Crippen LogP contribution < -0.4 is 15.2 Å². The van der Waals surface area contributed by atoms with Crippen molar-refractivity contribution in [1.29, 1.82) is 0 Å². The number of carbonyl (C=O) groups excluding carboxylic acids is 2. The topological polar surface area (TPSA) is 78.6 Å². The van der Waals surface area contributed by atoms with E-state index in [4.69, 9.17) is 15.2 Å². The van der Waals surface area contributed by atoms with Crippen LogP contribution in [0.2, 0.25) is 0 Å². The van der Waals surface area contributed by atoms with Gasteiger partial charge >= 0.3 is 0 Å². The molecular formula is C24H21NO4. The minimum Gasteiger partial charge on any atom is -0.484 e. The van der Waals surface area contributed by atoms with Crippen molar-refractivity contribution in [2.24, 2.45) is 5.73 Å². The number of ketones is 1. The third kappa shape index (κ3) is 5.81. The molecule has 0 heterocycles. The lowest BCUT2D eigenvalue weighted by Crippen LogP contribution is -2.20. The maximum Gasteiger partial charge on any atom is 0.255 e. The first-order valence-electron chi connectivity index (χ1n) is 9.08. The lowest BCUT2D eigenvalue weighted by atomic mass is 10.1. The van der Waals surface area contributed by atoms with Gasteiger partial charge in [-0.15, -0.1) is 0 Å². The van der Waals surface area contributed by atoms with E-state index in [1.165, 1.54) is 6.08 Å². The van der Waals surface area contributed by atoms with Crippen LogP contribution in [0.1, 0.15) is 21.5 Å². The number of allylic oxidation sites excluding steroid dienone is 1. The number of rotatable bonds is 8. The summed E-state index contributed by atoms with van der Waals surface area (Å²) in [6.45, 7) is 1.61. The summed E-state index contributed by atoms with van der Waals surface area (Å²) in [7, 11) is 0. The molecule has 0 fully saturated rings. The van der Waals surface area contributed by atoms with E-state index in [-0.39, 0.29) is 12.4 Å². The summed E-state index contributed by atoms with van der Waals surface area (Å²) in [5.74, 6) is 1.28. The van der Waals surface area contributed by atoms with Crippen molar-refractivity contribution < 1.29 is 19.1 Å². The third-order valence-corrected chi connectivity index (χ3v) is 4.09. The minimum atomic E-state index is -0.550. The van der Waals surface area contributed by atoms with Gasteiger partial charge in [-0.05, 0) is 66.6 Å². The van der Waals surface area contributed by atoms with Gasteiger partial charge in [0.1, 0.15) is 17.2 Å². The van der Waals surface area contributed by atoms with Gasteiger partial charge in [0.15, 0.2) is 12.4 Å². The minimum absolute atomic E-state index is 0.135. The highest BCUT2D eigenvalue weighted by molar-refractivity contribution is 6.07. The highest BCUT2D eigenvalue weighted by Crippen LogP contribution is 2.23. The van der Waals surface area contributed by atoms with Gasteiger partial charge in [-0.25, -0.2) is 0 Å². The molecule has 0 aliphatic heterocycles. The van der Waals surface area contributed by atoms with Gasteiger partial charge in [0.05, 0.1) is 0 Å². The molecule has 2 N–H and O–H groups in total. The molecule has 0 saturated carbocycles. The molecule has 0 aliphatic rings. The first-order valence-corrected chi connectivity index (χ1v) is 9.08. The Morgan fingerprint density at radius 2 is 1.69 bits per heavy atom. The Balaban J connectivity index is 1.68. The number of para-hydroxylation sites is 1. The number of amides is 1. The number of nitrogens with two attached hydrogens (primary N) is 1. The zero-order valence-electron chi connectivity index (χ0n) is 16.0. The van der Waals surface area contributed by atoms with Gasteiger partial charge in [0.2, 0.25) is 0 Å². The maximum atomic E-state index is 12.5. The predicted octanol–water partition coefficient (Wildman–Crippen LogP) is 4.55. The van der Waals surface area contributed by atoms with Crippen LogP contribution >= 0.6 is 0 Å². The summed E-state index contributed by atoms with van der Waals surface area (Å²) in [6, 6.07) is 22.0. The van der Waals surface area contributed by atoms with Crippen LogP contribution in [0.25, 0.3) is 6.08 Å². The zero-order valence-corrected chi connectivity index (χ0v) is 16.0. The molecule has 5 nitrogen and oxygen atoms in total. The number of hydrogen-bond donors (Lipinski definition) is 1. The highest BCUT2D eigenvalue weighted by Gasteiger charge is 2.07. The largest absolute Gasteiger partial charge is 0.484 e. The summed E-state index contributed by atoms with van der Waals surface area (Å²) in [5, 5.41) is 0. The molecular weight excluding hydrogens is 366 g/mol. The summed E-state index contributed by atoms with van der Waals surface area (Å²) in [4.78, 5) is 23.3. The average molecular weight is 387 g/mol. The molecule has 0 bridgehead atoms. The lowest BCUT2D eigenvalue weighted by Gasteiger charge is -2.08. The van der Waals surface area contributed by atoms with Crippen LogP contribution in [0, 0.1) is 6.92 Å². The van der Waals surface area contributed by atoms with Crippen LogP contribution in [-0.2, 0) is 4.79 Å². The SMILES string of the molecule is Cc1cc(C(=O)/C=C/c2cccc(Oc3ccccc3)c2)ccc1OCC(N)=O. The number of carbonyl (C=O) groups is 2. The molecule has 0 unspecified atom stereocenters. The van der Waals surface area contributed by atoms with Crippen molar-refractivity contribution in [1.82, 2.24) is 0 Å². The highest BCUT2D eigenvalue weighted by atomic mass is 16.5. The van der Waals surface area contributed by atoms with Crippen molar-refractivity contribution in [3.8, 4) is 17.2 Å². The summed E-state index contributed by atoms with van der Waals surface area (Å²) < 4.78 is 11.1. The molecule has 0 aliphatic carbocycles. The maximum absolute atomic E-state index is 12.5. The third-order valence-electron chi connectivity index (χ3n) is 4.09. The number of ether oxygens (including phenoxy) is 2. The smallest absolute Gasteiger partial charge is 0.255 e.